The molecule has 4 heteroatoms. The highest BCUT2D eigenvalue weighted by Crippen LogP contribution is 2.16. The number of halogens is 1. The predicted molar refractivity (Wildman–Crippen MR) is 68.4 cm³/mol. The third-order valence-corrected chi connectivity index (χ3v) is 2.59. The highest BCUT2D eigenvalue weighted by atomic mass is 19.1. The van der Waals surface area contributed by atoms with E-state index < -0.39 is 6.10 Å². The van der Waals surface area contributed by atoms with E-state index in [1.54, 1.807) is 12.1 Å². The number of nitrogens with one attached hydrogen (secondary N) is 1. The van der Waals surface area contributed by atoms with Crippen molar-refractivity contribution in [3.63, 3.8) is 0 Å². The summed E-state index contributed by atoms with van der Waals surface area (Å²) in [6.07, 6.45) is 0.243. The molecule has 0 aliphatic heterocycles. The van der Waals surface area contributed by atoms with E-state index in [-0.39, 0.29) is 11.7 Å². The van der Waals surface area contributed by atoms with Gasteiger partial charge in [-0.05, 0) is 30.0 Å². The Morgan fingerprint density at radius 1 is 1.33 bits per heavy atom. The van der Waals surface area contributed by atoms with E-state index in [4.69, 9.17) is 0 Å². The number of amides is 1. The van der Waals surface area contributed by atoms with E-state index in [1.165, 1.54) is 12.1 Å². The van der Waals surface area contributed by atoms with E-state index in [9.17, 15) is 14.3 Å². The summed E-state index contributed by atoms with van der Waals surface area (Å²) in [6, 6.07) is 5.73. The second kappa shape index (κ2) is 7.11. The van der Waals surface area contributed by atoms with Gasteiger partial charge in [-0.25, -0.2) is 4.39 Å². The van der Waals surface area contributed by atoms with Gasteiger partial charge in [0, 0.05) is 13.0 Å². The molecule has 0 aromatic heterocycles. The van der Waals surface area contributed by atoms with Crippen molar-refractivity contribution in [3.8, 4) is 0 Å². The molecule has 0 fully saturated rings. The zero-order chi connectivity index (χ0) is 13.5. The fraction of sp³-hybridized carbons (Fsp3) is 0.500. The second-order valence-corrected chi connectivity index (χ2v) is 4.80. The number of aliphatic hydroxyl groups is 1. The SMILES string of the molecule is CC(C)CC(=O)NCCC(O)c1ccc(F)cc1. The van der Waals surface area contributed by atoms with Gasteiger partial charge < -0.3 is 10.4 Å². The van der Waals surface area contributed by atoms with Crippen molar-refractivity contribution in [1.82, 2.24) is 5.32 Å². The molecule has 3 nitrogen and oxygen atoms in total. The predicted octanol–water partition coefficient (Wildman–Crippen LogP) is 2.41. The van der Waals surface area contributed by atoms with Gasteiger partial charge in [0.15, 0.2) is 0 Å². The van der Waals surface area contributed by atoms with Crippen LogP contribution in [0.5, 0.6) is 0 Å². The van der Waals surface area contributed by atoms with Gasteiger partial charge in [0.2, 0.25) is 5.91 Å². The lowest BCUT2D eigenvalue weighted by atomic mass is 10.1. The quantitative estimate of drug-likeness (QED) is 0.818. The maximum absolute atomic E-state index is 12.7. The van der Waals surface area contributed by atoms with E-state index in [0.717, 1.165) is 0 Å². The van der Waals surface area contributed by atoms with Crippen molar-refractivity contribution in [1.29, 1.82) is 0 Å². The minimum atomic E-state index is -0.676. The van der Waals surface area contributed by atoms with Gasteiger partial charge in [-0.3, -0.25) is 4.79 Å². The highest BCUT2D eigenvalue weighted by molar-refractivity contribution is 5.75. The van der Waals surface area contributed by atoms with Gasteiger partial charge in [-0.2, -0.15) is 0 Å². The van der Waals surface area contributed by atoms with Crippen LogP contribution < -0.4 is 5.32 Å². The Hall–Kier alpha value is -1.42. The number of hydrogen-bond donors (Lipinski definition) is 2. The molecule has 1 aromatic carbocycles. The Labute approximate surface area is 107 Å². The molecule has 0 radical (unpaired) electrons. The lowest BCUT2D eigenvalue weighted by Crippen LogP contribution is -2.26. The molecule has 100 valence electrons. The summed E-state index contributed by atoms with van der Waals surface area (Å²) in [7, 11) is 0. The molecule has 1 unspecified atom stereocenters. The van der Waals surface area contributed by atoms with Gasteiger partial charge in [-0.1, -0.05) is 26.0 Å². The molecule has 1 aromatic rings. The van der Waals surface area contributed by atoms with Crippen LogP contribution in [0.2, 0.25) is 0 Å². The van der Waals surface area contributed by atoms with Crippen LogP contribution in [-0.4, -0.2) is 17.6 Å². The molecular weight excluding hydrogens is 233 g/mol. The number of benzene rings is 1. The largest absolute Gasteiger partial charge is 0.388 e. The van der Waals surface area contributed by atoms with E-state index in [2.05, 4.69) is 5.32 Å². The first-order chi connectivity index (χ1) is 8.49. The molecule has 1 amide bonds. The Kier molecular flexibility index (Phi) is 5.78. The summed E-state index contributed by atoms with van der Waals surface area (Å²) in [5.41, 5.74) is 0.662. The van der Waals surface area contributed by atoms with Crippen molar-refractivity contribution in [2.45, 2.75) is 32.8 Å². The van der Waals surface area contributed by atoms with Crippen LogP contribution in [-0.2, 0) is 4.79 Å². The Bertz CT molecular complexity index is 376. The summed E-state index contributed by atoms with van der Waals surface area (Å²) in [6.45, 7) is 4.38. The molecule has 0 aliphatic rings. The molecule has 0 saturated carbocycles. The van der Waals surface area contributed by atoms with E-state index >= 15 is 0 Å². The molecule has 18 heavy (non-hydrogen) atoms. The number of carbonyl (C=O) groups is 1. The number of aliphatic hydroxyl groups excluding tert-OH is 1. The van der Waals surface area contributed by atoms with Crippen LogP contribution in [0.4, 0.5) is 4.39 Å². The fourth-order valence-electron chi connectivity index (χ4n) is 1.64. The molecule has 0 aliphatic carbocycles. The van der Waals surface area contributed by atoms with Crippen LogP contribution in [0.3, 0.4) is 0 Å². The number of rotatable bonds is 6. The lowest BCUT2D eigenvalue weighted by Gasteiger charge is -2.12. The van der Waals surface area contributed by atoms with Crippen LogP contribution in [0.15, 0.2) is 24.3 Å². The zero-order valence-corrected chi connectivity index (χ0v) is 10.8. The van der Waals surface area contributed by atoms with Crippen LogP contribution in [0.1, 0.15) is 38.4 Å². The van der Waals surface area contributed by atoms with Crippen molar-refractivity contribution in [3.05, 3.63) is 35.6 Å². The van der Waals surface area contributed by atoms with E-state index in [0.29, 0.717) is 30.9 Å². The second-order valence-electron chi connectivity index (χ2n) is 4.80. The molecule has 2 N–H and O–H groups in total. The first kappa shape index (κ1) is 14.6. The fourth-order valence-corrected chi connectivity index (χ4v) is 1.64. The first-order valence-corrected chi connectivity index (χ1v) is 6.19. The smallest absolute Gasteiger partial charge is 0.220 e. The van der Waals surface area contributed by atoms with Crippen molar-refractivity contribution in [2.75, 3.05) is 6.54 Å². The summed E-state index contributed by atoms with van der Waals surface area (Å²) in [4.78, 5) is 11.4. The van der Waals surface area contributed by atoms with Gasteiger partial charge in [0.25, 0.3) is 0 Å². The minimum absolute atomic E-state index is 0.00342. The number of carbonyl (C=O) groups excluding carboxylic acids is 1. The summed E-state index contributed by atoms with van der Waals surface area (Å²) in [5, 5.41) is 12.6. The third-order valence-electron chi connectivity index (χ3n) is 2.59. The summed E-state index contributed by atoms with van der Waals surface area (Å²) < 4.78 is 12.7. The van der Waals surface area contributed by atoms with Gasteiger partial charge in [0.1, 0.15) is 5.82 Å². The molecular formula is C14H20FNO2. The van der Waals surface area contributed by atoms with Crippen LogP contribution >= 0.6 is 0 Å². The molecule has 0 heterocycles. The molecule has 1 rings (SSSR count). The Morgan fingerprint density at radius 2 is 1.94 bits per heavy atom. The average molecular weight is 253 g/mol. The summed E-state index contributed by atoms with van der Waals surface area (Å²) in [5.74, 6) is -0.000450. The highest BCUT2D eigenvalue weighted by Gasteiger charge is 2.09. The molecule has 0 bridgehead atoms. The van der Waals surface area contributed by atoms with E-state index in [1.807, 2.05) is 13.8 Å². The maximum atomic E-state index is 12.7. The van der Waals surface area contributed by atoms with Gasteiger partial charge in [0.05, 0.1) is 6.10 Å². The van der Waals surface area contributed by atoms with Crippen molar-refractivity contribution < 1.29 is 14.3 Å². The van der Waals surface area contributed by atoms with Crippen LogP contribution in [0.25, 0.3) is 0 Å². The monoisotopic (exact) mass is 253 g/mol. The molecule has 1 atom stereocenters. The Morgan fingerprint density at radius 3 is 2.50 bits per heavy atom. The maximum Gasteiger partial charge on any atom is 0.220 e. The Balaban J connectivity index is 2.31. The normalized spacial score (nSPS) is 12.5. The van der Waals surface area contributed by atoms with Gasteiger partial charge in [-0.15, -0.1) is 0 Å². The lowest BCUT2D eigenvalue weighted by molar-refractivity contribution is -0.121. The standard InChI is InChI=1S/C14H20FNO2/c1-10(2)9-14(18)16-8-7-13(17)11-3-5-12(15)6-4-11/h3-6,10,13,17H,7-9H2,1-2H3,(H,16,18). The topological polar surface area (TPSA) is 49.3 Å². The number of hydrogen-bond acceptors (Lipinski definition) is 2. The van der Waals surface area contributed by atoms with Gasteiger partial charge >= 0.3 is 0 Å². The van der Waals surface area contributed by atoms with Crippen molar-refractivity contribution in [2.24, 2.45) is 5.92 Å². The molecule has 0 spiro atoms. The van der Waals surface area contributed by atoms with Crippen molar-refractivity contribution >= 4 is 5.91 Å². The van der Waals surface area contributed by atoms with Crippen LogP contribution in [0, 0.1) is 11.7 Å². The summed E-state index contributed by atoms with van der Waals surface area (Å²) >= 11 is 0. The average Bonchev–Trinajstić information content (AvgIpc) is 2.28. The third kappa shape index (κ3) is 5.27. The molecule has 0 saturated heterocycles. The minimum Gasteiger partial charge on any atom is -0.388 e. The zero-order valence-electron chi connectivity index (χ0n) is 10.8. The first-order valence-electron chi connectivity index (χ1n) is 6.19.